The normalized spacial score (nSPS) is 10.2. The van der Waals surface area contributed by atoms with E-state index >= 15 is 0 Å². The largest absolute Gasteiger partial charge is 0.422 e. The molecular formula is C8H5ClF2O2. The first kappa shape index (κ1) is 9.92. The zero-order chi connectivity index (χ0) is 9.84. The summed E-state index contributed by atoms with van der Waals surface area (Å²) in [5.74, 6) is -1.52. The molecule has 70 valence electrons. The van der Waals surface area contributed by atoms with E-state index in [9.17, 15) is 13.6 Å². The lowest BCUT2D eigenvalue weighted by molar-refractivity contribution is -0.146. The average molecular weight is 207 g/mol. The Morgan fingerprint density at radius 3 is 2.31 bits per heavy atom. The summed E-state index contributed by atoms with van der Waals surface area (Å²) >= 11 is 5.52. The van der Waals surface area contributed by atoms with E-state index in [2.05, 4.69) is 4.74 Å². The maximum atomic E-state index is 11.7. The number of esters is 1. The summed E-state index contributed by atoms with van der Waals surface area (Å²) in [5.41, 5.74) is 0. The molecule has 2 nitrogen and oxygen atoms in total. The van der Waals surface area contributed by atoms with E-state index in [1.54, 1.807) is 0 Å². The average Bonchev–Trinajstić information content (AvgIpc) is 2.08. The quantitative estimate of drug-likeness (QED) is 0.549. The van der Waals surface area contributed by atoms with Crippen LogP contribution in [0.5, 0.6) is 5.75 Å². The van der Waals surface area contributed by atoms with Gasteiger partial charge >= 0.3 is 12.4 Å². The topological polar surface area (TPSA) is 26.3 Å². The van der Waals surface area contributed by atoms with Crippen molar-refractivity contribution in [2.45, 2.75) is 6.43 Å². The molecule has 0 fully saturated rings. The molecule has 13 heavy (non-hydrogen) atoms. The smallest absolute Gasteiger partial charge is 0.379 e. The van der Waals surface area contributed by atoms with Gasteiger partial charge in [-0.15, -0.1) is 0 Å². The second kappa shape index (κ2) is 4.18. The Morgan fingerprint density at radius 2 is 1.85 bits per heavy atom. The van der Waals surface area contributed by atoms with Crippen LogP contribution < -0.4 is 4.74 Å². The lowest BCUT2D eigenvalue weighted by atomic mass is 10.3. The molecule has 0 bridgehead atoms. The van der Waals surface area contributed by atoms with Gasteiger partial charge in [-0.05, 0) is 24.3 Å². The van der Waals surface area contributed by atoms with Gasteiger partial charge in [0.25, 0.3) is 0 Å². The summed E-state index contributed by atoms with van der Waals surface area (Å²) in [6.45, 7) is 0. The van der Waals surface area contributed by atoms with Gasteiger partial charge in [0.05, 0.1) is 0 Å². The second-order valence-electron chi connectivity index (χ2n) is 2.18. The van der Waals surface area contributed by atoms with E-state index in [0.717, 1.165) is 0 Å². The molecule has 0 heterocycles. The summed E-state index contributed by atoms with van der Waals surface area (Å²) < 4.78 is 27.7. The summed E-state index contributed by atoms with van der Waals surface area (Å²) in [7, 11) is 0. The minimum Gasteiger partial charge on any atom is -0.422 e. The molecule has 0 unspecified atom stereocenters. The maximum Gasteiger partial charge on any atom is 0.379 e. The van der Waals surface area contributed by atoms with Gasteiger partial charge in [-0.1, -0.05) is 11.6 Å². The molecule has 0 atom stereocenters. The van der Waals surface area contributed by atoms with Crippen LogP contribution >= 0.6 is 11.6 Å². The maximum absolute atomic E-state index is 11.7. The van der Waals surface area contributed by atoms with Crippen molar-refractivity contribution in [3.63, 3.8) is 0 Å². The molecule has 0 radical (unpaired) electrons. The number of carbonyl (C=O) groups excluding carboxylic acids is 1. The first-order valence-electron chi connectivity index (χ1n) is 3.35. The van der Waals surface area contributed by atoms with Crippen molar-refractivity contribution in [2.75, 3.05) is 0 Å². The SMILES string of the molecule is O=C(Oc1ccc(Cl)cc1)C(F)F. The molecular weight excluding hydrogens is 202 g/mol. The Bertz CT molecular complexity index is 298. The standard InChI is InChI=1S/C8H5ClF2O2/c9-5-1-3-6(4-2-5)13-8(12)7(10)11/h1-4,7H. The van der Waals surface area contributed by atoms with E-state index < -0.39 is 12.4 Å². The Hall–Kier alpha value is -1.16. The lowest BCUT2D eigenvalue weighted by Crippen LogP contribution is -2.17. The molecule has 1 aromatic rings. The Labute approximate surface area is 78.1 Å². The zero-order valence-electron chi connectivity index (χ0n) is 6.34. The third-order valence-electron chi connectivity index (χ3n) is 1.21. The first-order valence-corrected chi connectivity index (χ1v) is 3.73. The van der Waals surface area contributed by atoms with Crippen molar-refractivity contribution >= 4 is 17.6 Å². The van der Waals surface area contributed by atoms with Crippen molar-refractivity contribution in [3.8, 4) is 5.75 Å². The molecule has 0 saturated heterocycles. The predicted molar refractivity (Wildman–Crippen MR) is 43.1 cm³/mol. The van der Waals surface area contributed by atoms with Gasteiger partial charge in [0, 0.05) is 5.02 Å². The van der Waals surface area contributed by atoms with Crippen LogP contribution in [0.15, 0.2) is 24.3 Å². The number of alkyl halides is 2. The van der Waals surface area contributed by atoms with Crippen molar-refractivity contribution < 1.29 is 18.3 Å². The van der Waals surface area contributed by atoms with Crippen LogP contribution in [0, 0.1) is 0 Å². The number of ether oxygens (including phenoxy) is 1. The Morgan fingerprint density at radius 1 is 1.31 bits per heavy atom. The fraction of sp³-hybridized carbons (Fsp3) is 0.125. The number of halogens is 3. The molecule has 0 saturated carbocycles. The van der Waals surface area contributed by atoms with Crippen molar-refractivity contribution in [1.82, 2.24) is 0 Å². The second-order valence-corrected chi connectivity index (χ2v) is 2.61. The first-order chi connectivity index (χ1) is 6.09. The summed E-state index contributed by atoms with van der Waals surface area (Å²) in [6, 6.07) is 5.55. The Kier molecular flexibility index (Phi) is 3.19. The van der Waals surface area contributed by atoms with Gasteiger partial charge < -0.3 is 4.74 Å². The molecule has 0 amide bonds. The van der Waals surface area contributed by atoms with Crippen molar-refractivity contribution in [1.29, 1.82) is 0 Å². The highest BCUT2D eigenvalue weighted by atomic mass is 35.5. The molecule has 0 spiro atoms. The lowest BCUT2D eigenvalue weighted by Gasteiger charge is -2.02. The Balaban J connectivity index is 2.65. The summed E-state index contributed by atoms with van der Waals surface area (Å²) in [6.07, 6.45) is -3.12. The van der Waals surface area contributed by atoms with Crippen LogP contribution in [0.4, 0.5) is 8.78 Å². The number of carbonyl (C=O) groups is 1. The highest BCUT2D eigenvalue weighted by Crippen LogP contribution is 2.16. The van der Waals surface area contributed by atoms with Crippen molar-refractivity contribution in [2.24, 2.45) is 0 Å². The van der Waals surface area contributed by atoms with E-state index in [1.165, 1.54) is 24.3 Å². The van der Waals surface area contributed by atoms with Gasteiger partial charge in [-0.25, -0.2) is 4.79 Å². The molecule has 1 aromatic carbocycles. The van der Waals surface area contributed by atoms with Gasteiger partial charge in [-0.3, -0.25) is 0 Å². The number of rotatable bonds is 2. The molecule has 0 aliphatic carbocycles. The fourth-order valence-electron chi connectivity index (χ4n) is 0.663. The van der Waals surface area contributed by atoms with E-state index in [1.807, 2.05) is 0 Å². The minimum absolute atomic E-state index is 0.0506. The van der Waals surface area contributed by atoms with Crippen LogP contribution in [-0.2, 0) is 4.79 Å². The van der Waals surface area contributed by atoms with Gasteiger partial charge in [-0.2, -0.15) is 8.78 Å². The fourth-order valence-corrected chi connectivity index (χ4v) is 0.789. The molecule has 0 aliphatic rings. The monoisotopic (exact) mass is 206 g/mol. The number of hydrogen-bond acceptors (Lipinski definition) is 2. The molecule has 0 aromatic heterocycles. The van der Waals surface area contributed by atoms with E-state index in [4.69, 9.17) is 11.6 Å². The van der Waals surface area contributed by atoms with Crippen LogP contribution in [0.2, 0.25) is 5.02 Å². The third kappa shape index (κ3) is 2.99. The van der Waals surface area contributed by atoms with Gasteiger partial charge in [0.15, 0.2) is 0 Å². The molecule has 5 heteroatoms. The molecule has 0 aliphatic heterocycles. The van der Waals surface area contributed by atoms with Crippen LogP contribution in [0.1, 0.15) is 0 Å². The molecule has 1 rings (SSSR count). The number of hydrogen-bond donors (Lipinski definition) is 0. The molecule has 0 N–H and O–H groups in total. The predicted octanol–water partition coefficient (Wildman–Crippen LogP) is 2.51. The van der Waals surface area contributed by atoms with E-state index in [-0.39, 0.29) is 5.75 Å². The van der Waals surface area contributed by atoms with Crippen molar-refractivity contribution in [3.05, 3.63) is 29.3 Å². The third-order valence-corrected chi connectivity index (χ3v) is 1.46. The summed E-state index contributed by atoms with van der Waals surface area (Å²) in [5, 5.41) is 0.442. The van der Waals surface area contributed by atoms with E-state index in [0.29, 0.717) is 5.02 Å². The van der Waals surface area contributed by atoms with Gasteiger partial charge in [0.2, 0.25) is 0 Å². The minimum atomic E-state index is -3.12. The van der Waals surface area contributed by atoms with Crippen LogP contribution in [0.3, 0.4) is 0 Å². The zero-order valence-corrected chi connectivity index (χ0v) is 7.09. The highest BCUT2D eigenvalue weighted by Gasteiger charge is 2.17. The summed E-state index contributed by atoms with van der Waals surface area (Å²) in [4.78, 5) is 10.4. The van der Waals surface area contributed by atoms with Crippen LogP contribution in [-0.4, -0.2) is 12.4 Å². The van der Waals surface area contributed by atoms with Crippen LogP contribution in [0.25, 0.3) is 0 Å². The highest BCUT2D eigenvalue weighted by molar-refractivity contribution is 6.30. The van der Waals surface area contributed by atoms with Gasteiger partial charge in [0.1, 0.15) is 5.75 Å². The number of benzene rings is 1.